The molecule has 0 saturated heterocycles. The van der Waals surface area contributed by atoms with Crippen molar-refractivity contribution in [2.75, 3.05) is 5.32 Å². The zero-order valence-corrected chi connectivity index (χ0v) is 11.7. The molecule has 0 atom stereocenters. The Bertz CT molecular complexity index is 706. The van der Waals surface area contributed by atoms with Crippen molar-refractivity contribution >= 4 is 23.2 Å². The zero-order chi connectivity index (χ0) is 16.3. The van der Waals surface area contributed by atoms with Gasteiger partial charge in [-0.2, -0.15) is 13.2 Å². The van der Waals surface area contributed by atoms with E-state index >= 15 is 0 Å². The van der Waals surface area contributed by atoms with Gasteiger partial charge in [0.1, 0.15) is 5.15 Å². The van der Waals surface area contributed by atoms with Gasteiger partial charge in [-0.15, -0.1) is 0 Å². The summed E-state index contributed by atoms with van der Waals surface area (Å²) in [4.78, 5) is 18.6. The molecule has 2 rings (SSSR count). The fourth-order valence-corrected chi connectivity index (χ4v) is 1.94. The first-order chi connectivity index (χ1) is 10.3. The van der Waals surface area contributed by atoms with E-state index < -0.39 is 17.6 Å². The maximum absolute atomic E-state index is 12.9. The second-order valence-electron chi connectivity index (χ2n) is 4.27. The highest BCUT2D eigenvalue weighted by Crippen LogP contribution is 2.35. The van der Waals surface area contributed by atoms with Crippen LogP contribution in [0.1, 0.15) is 21.6 Å². The molecule has 0 bridgehead atoms. The number of amides is 1. The summed E-state index contributed by atoms with van der Waals surface area (Å²) in [5.41, 5.74) is 4.33. The third kappa shape index (κ3) is 3.64. The minimum atomic E-state index is -4.59. The number of hydrogen-bond acceptors (Lipinski definition) is 4. The van der Waals surface area contributed by atoms with Crippen molar-refractivity contribution < 1.29 is 18.0 Å². The highest BCUT2D eigenvalue weighted by molar-refractivity contribution is 6.29. The second kappa shape index (κ2) is 6.18. The zero-order valence-electron chi connectivity index (χ0n) is 11.0. The number of halogens is 4. The molecule has 0 fully saturated rings. The summed E-state index contributed by atoms with van der Waals surface area (Å²) in [6.45, 7) is -0.122. The van der Waals surface area contributed by atoms with E-state index in [1.165, 1.54) is 18.3 Å². The molecule has 0 spiro atoms. The summed E-state index contributed by atoms with van der Waals surface area (Å²) in [6.07, 6.45) is -2.54. The van der Waals surface area contributed by atoms with Crippen molar-refractivity contribution in [3.8, 4) is 0 Å². The van der Waals surface area contributed by atoms with Gasteiger partial charge in [0.05, 0.1) is 29.1 Å². The molecule has 0 aliphatic rings. The Morgan fingerprint density at radius 3 is 2.73 bits per heavy atom. The van der Waals surface area contributed by atoms with Gasteiger partial charge in [0.2, 0.25) is 0 Å². The topological polar surface area (TPSA) is 80.9 Å². The average Bonchev–Trinajstić information content (AvgIpc) is 2.44. The van der Waals surface area contributed by atoms with Crippen LogP contribution in [0.3, 0.4) is 0 Å². The van der Waals surface area contributed by atoms with Gasteiger partial charge in [-0.1, -0.05) is 11.6 Å². The van der Waals surface area contributed by atoms with Gasteiger partial charge in [-0.25, -0.2) is 4.98 Å². The summed E-state index contributed by atoms with van der Waals surface area (Å²) in [5.74, 6) is -0.714. The molecule has 2 heterocycles. The molecule has 0 aromatic carbocycles. The quantitative estimate of drug-likeness (QED) is 0.845. The lowest BCUT2D eigenvalue weighted by molar-refractivity contribution is -0.137. The van der Waals surface area contributed by atoms with Crippen LogP contribution in [0.25, 0.3) is 0 Å². The summed E-state index contributed by atoms with van der Waals surface area (Å²) in [6, 6.07) is 4.00. The minimum Gasteiger partial charge on any atom is -0.379 e. The van der Waals surface area contributed by atoms with Crippen LogP contribution in [-0.4, -0.2) is 15.9 Å². The molecule has 3 N–H and O–H groups in total. The lowest BCUT2D eigenvalue weighted by Crippen LogP contribution is -2.17. The molecule has 1 amide bonds. The van der Waals surface area contributed by atoms with Crippen molar-refractivity contribution in [1.29, 1.82) is 0 Å². The third-order valence-electron chi connectivity index (χ3n) is 2.78. The van der Waals surface area contributed by atoms with E-state index in [0.29, 0.717) is 6.20 Å². The second-order valence-corrected chi connectivity index (χ2v) is 4.65. The van der Waals surface area contributed by atoms with Gasteiger partial charge in [0.25, 0.3) is 5.91 Å². The van der Waals surface area contributed by atoms with E-state index in [9.17, 15) is 18.0 Å². The van der Waals surface area contributed by atoms with Gasteiger partial charge in [0.15, 0.2) is 0 Å². The van der Waals surface area contributed by atoms with E-state index in [-0.39, 0.29) is 28.6 Å². The van der Waals surface area contributed by atoms with Gasteiger partial charge in [-0.3, -0.25) is 9.78 Å². The van der Waals surface area contributed by atoms with Crippen molar-refractivity contribution in [3.05, 3.63) is 52.6 Å². The monoisotopic (exact) mass is 330 g/mol. The molecule has 0 saturated carbocycles. The third-order valence-corrected chi connectivity index (χ3v) is 2.98. The van der Waals surface area contributed by atoms with Crippen LogP contribution in [-0.2, 0) is 12.7 Å². The molecule has 0 radical (unpaired) electrons. The number of nitrogens with one attached hydrogen (secondary N) is 1. The van der Waals surface area contributed by atoms with E-state index in [1.807, 2.05) is 0 Å². The number of nitrogens with two attached hydrogens (primary N) is 1. The molecular weight excluding hydrogens is 321 g/mol. The molecule has 9 heteroatoms. The molecule has 2 aromatic rings. The van der Waals surface area contributed by atoms with E-state index in [4.69, 9.17) is 17.3 Å². The Morgan fingerprint density at radius 2 is 2.09 bits per heavy atom. The number of primary amides is 1. The Labute approximate surface area is 128 Å². The normalized spacial score (nSPS) is 11.3. The van der Waals surface area contributed by atoms with Crippen molar-refractivity contribution in [2.45, 2.75) is 12.7 Å². The predicted octanol–water partition coefficient (Wildman–Crippen LogP) is 2.86. The van der Waals surface area contributed by atoms with E-state index in [2.05, 4.69) is 15.3 Å². The Morgan fingerprint density at radius 1 is 1.36 bits per heavy atom. The first kappa shape index (κ1) is 16.0. The highest BCUT2D eigenvalue weighted by Gasteiger charge is 2.34. The van der Waals surface area contributed by atoms with Crippen LogP contribution in [0.5, 0.6) is 0 Å². The lowest BCUT2D eigenvalue weighted by Gasteiger charge is -2.14. The Hall–Kier alpha value is -2.35. The maximum atomic E-state index is 12.9. The first-order valence-electron chi connectivity index (χ1n) is 5.99. The van der Waals surface area contributed by atoms with Gasteiger partial charge >= 0.3 is 6.18 Å². The van der Waals surface area contributed by atoms with E-state index in [0.717, 1.165) is 6.07 Å². The van der Waals surface area contributed by atoms with Gasteiger partial charge in [-0.05, 0) is 18.2 Å². The molecule has 2 aromatic heterocycles. The number of alkyl halides is 3. The van der Waals surface area contributed by atoms with Crippen molar-refractivity contribution in [2.24, 2.45) is 5.73 Å². The Kier molecular flexibility index (Phi) is 4.51. The number of aromatic nitrogens is 2. The van der Waals surface area contributed by atoms with Crippen molar-refractivity contribution in [1.82, 2.24) is 9.97 Å². The minimum absolute atomic E-state index is 0.0911. The number of pyridine rings is 2. The Balaban J connectivity index is 2.29. The molecular formula is C13H10ClF3N4O. The number of carbonyl (C=O) groups is 1. The molecule has 0 aliphatic carbocycles. The standard InChI is InChI=1S/C13H10ClF3N4O/c14-11-4-9(8(5-21-11)13(15,16)17)20-6-10-7(12(18)22)2-1-3-19-10/h1-5H,6H2,(H2,18,22)(H,20,21). The van der Waals surface area contributed by atoms with Gasteiger partial charge < -0.3 is 11.1 Å². The molecule has 0 aliphatic heterocycles. The van der Waals surface area contributed by atoms with Crippen LogP contribution in [0, 0.1) is 0 Å². The summed E-state index contributed by atoms with van der Waals surface area (Å²) >= 11 is 5.62. The number of carbonyl (C=O) groups excluding carboxylic acids is 1. The SMILES string of the molecule is NC(=O)c1cccnc1CNc1cc(Cl)ncc1C(F)(F)F. The smallest absolute Gasteiger partial charge is 0.379 e. The maximum Gasteiger partial charge on any atom is 0.419 e. The average molecular weight is 331 g/mol. The first-order valence-corrected chi connectivity index (χ1v) is 6.37. The van der Waals surface area contributed by atoms with Gasteiger partial charge in [0, 0.05) is 12.4 Å². The van der Waals surface area contributed by atoms with Crippen LogP contribution in [0.4, 0.5) is 18.9 Å². The molecule has 5 nitrogen and oxygen atoms in total. The molecule has 0 unspecified atom stereocenters. The number of nitrogens with zero attached hydrogens (tertiary/aromatic N) is 2. The van der Waals surface area contributed by atoms with Crippen LogP contribution in [0.2, 0.25) is 5.15 Å². The van der Waals surface area contributed by atoms with E-state index in [1.54, 1.807) is 0 Å². The number of anilines is 1. The summed E-state index contributed by atoms with van der Waals surface area (Å²) in [5, 5.41) is 2.47. The lowest BCUT2D eigenvalue weighted by atomic mass is 10.1. The summed E-state index contributed by atoms with van der Waals surface area (Å²) < 4.78 is 38.7. The molecule has 22 heavy (non-hydrogen) atoms. The van der Waals surface area contributed by atoms with Crippen molar-refractivity contribution in [3.63, 3.8) is 0 Å². The predicted molar refractivity (Wildman–Crippen MR) is 74.3 cm³/mol. The highest BCUT2D eigenvalue weighted by atomic mass is 35.5. The number of hydrogen-bond donors (Lipinski definition) is 2. The fourth-order valence-electron chi connectivity index (χ4n) is 1.78. The summed E-state index contributed by atoms with van der Waals surface area (Å²) in [7, 11) is 0. The largest absolute Gasteiger partial charge is 0.419 e. The number of rotatable bonds is 4. The van der Waals surface area contributed by atoms with Crippen LogP contribution >= 0.6 is 11.6 Å². The fraction of sp³-hybridized carbons (Fsp3) is 0.154. The van der Waals surface area contributed by atoms with Crippen LogP contribution in [0.15, 0.2) is 30.6 Å². The van der Waals surface area contributed by atoms with Crippen LogP contribution < -0.4 is 11.1 Å². The molecule has 116 valence electrons.